The molecular formula is C26H28B3FN4O8. The van der Waals surface area contributed by atoms with E-state index in [2.05, 4.69) is 10.6 Å². The summed E-state index contributed by atoms with van der Waals surface area (Å²) in [6.07, 6.45) is -0.313. The molecule has 1 fully saturated rings. The van der Waals surface area contributed by atoms with Gasteiger partial charge in [0.05, 0.1) is 35.4 Å². The molecular weight excluding hydrogens is 548 g/mol. The van der Waals surface area contributed by atoms with Crippen LogP contribution in [0.1, 0.15) is 39.9 Å². The molecule has 0 aliphatic carbocycles. The topological polar surface area (TPSA) is 172 Å². The van der Waals surface area contributed by atoms with Gasteiger partial charge in [-0.1, -0.05) is 18.2 Å². The zero-order valence-corrected chi connectivity index (χ0v) is 22.7. The lowest BCUT2D eigenvalue weighted by atomic mass is 9.71. The van der Waals surface area contributed by atoms with Gasteiger partial charge in [-0.3, -0.25) is 19.4 Å². The van der Waals surface area contributed by atoms with E-state index in [4.69, 9.17) is 28.3 Å². The Kier molecular flexibility index (Phi) is 8.62. The summed E-state index contributed by atoms with van der Waals surface area (Å²) in [4.78, 5) is 38.9. The van der Waals surface area contributed by atoms with Crippen molar-refractivity contribution >= 4 is 47.3 Å². The van der Waals surface area contributed by atoms with Crippen LogP contribution in [-0.2, 0) is 31.5 Å². The number of hydrogen-bond acceptors (Lipinski definition) is 10. The quantitative estimate of drug-likeness (QED) is 0.105. The predicted octanol–water partition coefficient (Wildman–Crippen LogP) is -2.05. The van der Waals surface area contributed by atoms with Crippen molar-refractivity contribution in [2.75, 3.05) is 38.7 Å². The number of hydrogen-bond donors (Lipinski definition) is 6. The van der Waals surface area contributed by atoms with Gasteiger partial charge in [-0.2, -0.15) is 0 Å². The number of nitrogens with zero attached hydrogens (tertiary/aromatic N) is 2. The van der Waals surface area contributed by atoms with E-state index in [-0.39, 0.29) is 36.3 Å². The van der Waals surface area contributed by atoms with Crippen LogP contribution in [0.5, 0.6) is 0 Å². The van der Waals surface area contributed by atoms with E-state index in [1.165, 1.54) is 36.2 Å². The highest BCUT2D eigenvalue weighted by Gasteiger charge is 2.58. The lowest BCUT2D eigenvalue weighted by Gasteiger charge is -2.43. The molecule has 16 heteroatoms. The minimum absolute atomic E-state index is 0.0307. The van der Waals surface area contributed by atoms with Crippen molar-refractivity contribution in [2.24, 2.45) is 0 Å². The first-order chi connectivity index (χ1) is 19.6. The number of benzene rings is 2. The van der Waals surface area contributed by atoms with Crippen molar-refractivity contribution in [3.63, 3.8) is 0 Å². The minimum atomic E-state index is -3.24. The molecule has 42 heavy (non-hydrogen) atoms. The molecule has 216 valence electrons. The van der Waals surface area contributed by atoms with Gasteiger partial charge < -0.3 is 40.6 Å². The normalized spacial score (nSPS) is 21.0. The third-order valence-corrected chi connectivity index (χ3v) is 7.43. The number of morpholine rings is 1. The fraction of sp³-hybridized carbons (Fsp3) is 0.423. The Hall–Kier alpha value is -3.27. The number of amides is 2. The highest BCUT2D eigenvalue weighted by atomic mass is 19.1. The van der Waals surface area contributed by atoms with Gasteiger partial charge >= 0.3 is 0 Å². The van der Waals surface area contributed by atoms with Gasteiger partial charge in [-0.05, 0) is 30.2 Å². The Morgan fingerprint density at radius 2 is 1.83 bits per heavy atom. The summed E-state index contributed by atoms with van der Waals surface area (Å²) in [5.41, 5.74) is -8.87. The summed E-state index contributed by atoms with van der Waals surface area (Å²) in [6.45, 7) is 1.21. The van der Waals surface area contributed by atoms with E-state index in [1.54, 1.807) is 0 Å². The molecule has 0 saturated carbocycles. The Bertz CT molecular complexity index is 1390. The largest absolute Gasteiger partial charge is 0.381 e. The average Bonchev–Trinajstić information content (AvgIpc) is 3.16. The maximum absolute atomic E-state index is 15.4. The summed E-state index contributed by atoms with van der Waals surface area (Å²) in [6, 6.07) is 6.99. The number of anilines is 1. The number of rotatable bonds is 10. The molecule has 2 amide bonds. The van der Waals surface area contributed by atoms with Crippen LogP contribution in [0.3, 0.4) is 0 Å². The Labute approximate surface area is 245 Å². The molecule has 2 aromatic carbocycles. The second-order valence-corrected chi connectivity index (χ2v) is 10.1. The summed E-state index contributed by atoms with van der Waals surface area (Å²) < 4.78 is 20.6. The monoisotopic (exact) mass is 576 g/mol. The zero-order valence-electron chi connectivity index (χ0n) is 22.7. The summed E-state index contributed by atoms with van der Waals surface area (Å²) in [5.74, 6) is -6.37. The molecule has 2 aliphatic rings. The molecule has 3 atom stereocenters. The van der Waals surface area contributed by atoms with E-state index in [0.717, 1.165) is 12.1 Å². The second kappa shape index (κ2) is 11.4. The molecule has 2 aromatic rings. The van der Waals surface area contributed by atoms with Crippen molar-refractivity contribution < 1.29 is 43.9 Å². The van der Waals surface area contributed by atoms with Crippen LogP contribution in [-0.4, -0.2) is 111 Å². The van der Waals surface area contributed by atoms with Crippen molar-refractivity contribution in [1.82, 2.24) is 15.1 Å². The Morgan fingerprint density at radius 3 is 2.43 bits per heavy atom. The van der Waals surface area contributed by atoms with Crippen LogP contribution in [0.4, 0.5) is 10.1 Å². The van der Waals surface area contributed by atoms with Gasteiger partial charge in [-0.15, -0.1) is 0 Å². The number of carbonyl (C=O) groups is 3. The van der Waals surface area contributed by atoms with Crippen LogP contribution in [0.2, 0.25) is 0 Å². The second-order valence-electron chi connectivity index (χ2n) is 10.1. The van der Waals surface area contributed by atoms with Crippen LogP contribution >= 0.6 is 0 Å². The number of nitrogens with one attached hydrogen (secondary N) is 2. The number of halogens is 1. The third-order valence-electron chi connectivity index (χ3n) is 7.43. The number of likely N-dealkylation sites (N-methyl/N-ethyl adjacent to an activating group) is 1. The molecule has 0 bridgehead atoms. The lowest BCUT2D eigenvalue weighted by molar-refractivity contribution is -0.263. The SMILES string of the molecule is [B]C(O)(Nc1cccc2c1C(O)(O)N(C([B])(CCC=O)C(=O)NC)C2=O)c1ccc(C([B])(O)N2CCOCC2)cc1F. The van der Waals surface area contributed by atoms with Crippen molar-refractivity contribution in [3.8, 4) is 0 Å². The van der Waals surface area contributed by atoms with E-state index in [1.807, 2.05) is 0 Å². The zero-order chi connectivity index (χ0) is 31.1. The molecule has 6 radical (unpaired) electrons. The van der Waals surface area contributed by atoms with Gasteiger partial charge in [0.2, 0.25) is 5.91 Å². The average molecular weight is 576 g/mol. The lowest BCUT2D eigenvalue weighted by Crippen LogP contribution is -2.65. The standard InChI is InChI=1S/C26H28B3FN4O8/c1-31-22(37)23(27,8-3-11-35)34-21(36)16-4-2-5-19(20(16)26(34,40)41)32-24(28,38)17-7-6-15(14-18(17)30)25(29,39)33-9-12-42-13-10-33/h2,4-7,11,14,32,38-41H,3,8-10,12-13H2,1H3,(H,31,37). The predicted molar refractivity (Wildman–Crippen MR) is 148 cm³/mol. The van der Waals surface area contributed by atoms with E-state index in [9.17, 15) is 34.8 Å². The van der Waals surface area contributed by atoms with Crippen molar-refractivity contribution in [2.45, 2.75) is 35.4 Å². The molecule has 3 unspecified atom stereocenters. The molecule has 0 aromatic heterocycles. The highest BCUT2D eigenvalue weighted by molar-refractivity contribution is 6.30. The summed E-state index contributed by atoms with van der Waals surface area (Å²) >= 11 is 0. The fourth-order valence-electron chi connectivity index (χ4n) is 5.26. The highest BCUT2D eigenvalue weighted by Crippen LogP contribution is 2.45. The number of carbonyl (C=O) groups excluding carboxylic acids is 3. The smallest absolute Gasteiger partial charge is 0.280 e. The summed E-state index contributed by atoms with van der Waals surface area (Å²) in [5, 5.41) is 49.1. The van der Waals surface area contributed by atoms with E-state index < -0.39 is 57.8 Å². The Balaban J connectivity index is 1.70. The first-order valence-corrected chi connectivity index (χ1v) is 12.9. The van der Waals surface area contributed by atoms with Gasteiger partial charge in [0.1, 0.15) is 33.4 Å². The van der Waals surface area contributed by atoms with Crippen LogP contribution in [0.25, 0.3) is 0 Å². The van der Waals surface area contributed by atoms with Crippen LogP contribution < -0.4 is 10.6 Å². The first kappa shape index (κ1) is 31.7. The van der Waals surface area contributed by atoms with Crippen LogP contribution in [0.15, 0.2) is 36.4 Å². The molecule has 4 rings (SSSR count). The van der Waals surface area contributed by atoms with Crippen LogP contribution in [0, 0.1) is 5.82 Å². The number of ether oxygens (including phenoxy) is 1. The van der Waals surface area contributed by atoms with Crippen molar-refractivity contribution in [1.29, 1.82) is 0 Å². The molecule has 2 aliphatic heterocycles. The van der Waals surface area contributed by atoms with E-state index in [0.29, 0.717) is 24.4 Å². The molecule has 2 heterocycles. The maximum atomic E-state index is 15.4. The Morgan fingerprint density at radius 1 is 1.17 bits per heavy atom. The summed E-state index contributed by atoms with van der Waals surface area (Å²) in [7, 11) is 19.5. The minimum Gasteiger partial charge on any atom is -0.381 e. The maximum Gasteiger partial charge on any atom is 0.280 e. The third kappa shape index (κ3) is 5.34. The molecule has 6 N–H and O–H groups in total. The van der Waals surface area contributed by atoms with Gasteiger partial charge in [0.25, 0.3) is 11.8 Å². The molecule has 0 spiro atoms. The number of fused-ring (bicyclic) bond motifs is 1. The van der Waals surface area contributed by atoms with Gasteiger partial charge in [-0.25, -0.2) is 4.39 Å². The van der Waals surface area contributed by atoms with Gasteiger partial charge in [0, 0.05) is 37.8 Å². The van der Waals surface area contributed by atoms with Crippen molar-refractivity contribution in [3.05, 3.63) is 64.5 Å². The van der Waals surface area contributed by atoms with E-state index >= 15 is 4.39 Å². The molecule has 1 saturated heterocycles. The number of aldehydes is 1. The first-order valence-electron chi connectivity index (χ1n) is 12.9. The molecule has 12 nitrogen and oxygen atoms in total. The van der Waals surface area contributed by atoms with Gasteiger partial charge in [0.15, 0.2) is 7.85 Å². The number of aliphatic hydroxyl groups is 4. The fourth-order valence-corrected chi connectivity index (χ4v) is 5.26.